The Balaban J connectivity index is 3.08. The highest BCUT2D eigenvalue weighted by Crippen LogP contribution is 2.20. The summed E-state index contributed by atoms with van der Waals surface area (Å²) in [6, 6.07) is 0. The molecular weight excluding hydrogens is 230 g/mol. The quantitative estimate of drug-likeness (QED) is 0.660. The molecule has 0 radical (unpaired) electrons. The maximum atomic E-state index is 11.7. The van der Waals surface area contributed by atoms with E-state index in [1.54, 1.807) is 13.8 Å². The van der Waals surface area contributed by atoms with Crippen molar-refractivity contribution in [2.45, 2.75) is 20.8 Å². The molecule has 90 valence electrons. The molecule has 0 aliphatic carbocycles. The molecule has 0 fully saturated rings. The molecule has 5 nitrogen and oxygen atoms in total. The first-order chi connectivity index (χ1) is 7.49. The van der Waals surface area contributed by atoms with E-state index in [1.807, 2.05) is 0 Å². The van der Waals surface area contributed by atoms with Gasteiger partial charge >= 0.3 is 5.97 Å². The Morgan fingerprint density at radius 2 is 2.12 bits per heavy atom. The summed E-state index contributed by atoms with van der Waals surface area (Å²) in [6.45, 7) is 5.33. The van der Waals surface area contributed by atoms with Gasteiger partial charge in [0.1, 0.15) is 4.91 Å². The van der Waals surface area contributed by atoms with E-state index in [0.29, 0.717) is 12.2 Å². The maximum Gasteiger partial charge on any atom is 0.349 e. The predicted octanol–water partition coefficient (Wildman–Crippen LogP) is 0.392. The largest absolute Gasteiger partial charge is 0.462 e. The minimum absolute atomic E-state index is 0.114. The Bertz CT molecular complexity index is 375. The van der Waals surface area contributed by atoms with Crippen molar-refractivity contribution < 1.29 is 18.5 Å². The van der Waals surface area contributed by atoms with Crippen LogP contribution in [0.15, 0.2) is 10.6 Å². The molecule has 0 saturated carbocycles. The molecule has 0 aromatic rings. The van der Waals surface area contributed by atoms with Gasteiger partial charge in [-0.05, 0) is 13.8 Å². The van der Waals surface area contributed by atoms with E-state index in [1.165, 1.54) is 11.8 Å². The standard InChI is InChI=1S/C10H15NO4S/c1-4-15-10(13)9-7(2)11(8(3)12)5-6-16(9)14/h4-6H2,1-3H3. The van der Waals surface area contributed by atoms with Crippen LogP contribution >= 0.6 is 0 Å². The summed E-state index contributed by atoms with van der Waals surface area (Å²) in [7, 11) is -1.37. The molecule has 0 bridgehead atoms. The molecule has 0 saturated heterocycles. The summed E-state index contributed by atoms with van der Waals surface area (Å²) in [5.74, 6) is -0.467. The van der Waals surface area contributed by atoms with Crippen LogP contribution in [-0.2, 0) is 25.1 Å². The highest BCUT2D eigenvalue weighted by molar-refractivity contribution is 7.90. The predicted molar refractivity (Wildman–Crippen MR) is 59.7 cm³/mol. The summed E-state index contributed by atoms with van der Waals surface area (Å²) >= 11 is 0. The SMILES string of the molecule is CCOC(=O)C1=C(C)N(C(C)=O)CCS1=O. The van der Waals surface area contributed by atoms with Gasteiger partial charge in [0, 0.05) is 24.9 Å². The van der Waals surface area contributed by atoms with Crippen LogP contribution in [0.1, 0.15) is 20.8 Å². The zero-order valence-corrected chi connectivity index (χ0v) is 10.4. The number of amides is 1. The molecule has 0 aromatic carbocycles. The number of carbonyl (C=O) groups excluding carboxylic acids is 2. The number of hydrogen-bond acceptors (Lipinski definition) is 4. The second kappa shape index (κ2) is 5.25. The van der Waals surface area contributed by atoms with Gasteiger partial charge in [-0.2, -0.15) is 0 Å². The average molecular weight is 245 g/mol. The molecule has 1 aliphatic heterocycles. The van der Waals surface area contributed by atoms with Crippen molar-refractivity contribution in [2.75, 3.05) is 18.9 Å². The van der Waals surface area contributed by atoms with Crippen LogP contribution in [0, 0.1) is 0 Å². The second-order valence-electron chi connectivity index (χ2n) is 3.36. The number of ether oxygens (including phenoxy) is 1. The Morgan fingerprint density at radius 3 is 2.62 bits per heavy atom. The molecular formula is C10H15NO4S. The van der Waals surface area contributed by atoms with Gasteiger partial charge in [-0.3, -0.25) is 9.00 Å². The molecule has 1 aliphatic rings. The zero-order chi connectivity index (χ0) is 12.3. The van der Waals surface area contributed by atoms with E-state index in [2.05, 4.69) is 0 Å². The van der Waals surface area contributed by atoms with Crippen LogP contribution in [0.2, 0.25) is 0 Å². The Morgan fingerprint density at radius 1 is 1.50 bits per heavy atom. The van der Waals surface area contributed by atoms with Crippen LogP contribution in [0.4, 0.5) is 0 Å². The Hall–Kier alpha value is -1.17. The summed E-state index contributed by atoms with van der Waals surface area (Å²) in [6.07, 6.45) is 0. The lowest BCUT2D eigenvalue weighted by molar-refractivity contribution is -0.137. The van der Waals surface area contributed by atoms with Crippen molar-refractivity contribution in [2.24, 2.45) is 0 Å². The third kappa shape index (κ3) is 2.49. The molecule has 1 amide bonds. The molecule has 0 aromatic heterocycles. The Labute approximate surface area is 96.9 Å². The van der Waals surface area contributed by atoms with Crippen LogP contribution < -0.4 is 0 Å². The lowest BCUT2D eigenvalue weighted by atomic mass is 10.3. The van der Waals surface area contributed by atoms with Gasteiger partial charge < -0.3 is 9.64 Å². The molecule has 1 rings (SSSR count). The molecule has 6 heteroatoms. The summed E-state index contributed by atoms with van der Waals surface area (Å²) < 4.78 is 16.5. The minimum Gasteiger partial charge on any atom is -0.462 e. The van der Waals surface area contributed by atoms with Gasteiger partial charge in [0.25, 0.3) is 0 Å². The van der Waals surface area contributed by atoms with Crippen molar-refractivity contribution in [1.29, 1.82) is 0 Å². The van der Waals surface area contributed by atoms with E-state index < -0.39 is 16.8 Å². The fraction of sp³-hybridized carbons (Fsp3) is 0.600. The average Bonchev–Trinajstić information content (AvgIpc) is 2.17. The fourth-order valence-electron chi connectivity index (χ4n) is 1.56. The summed E-state index contributed by atoms with van der Waals surface area (Å²) in [5.41, 5.74) is 0.440. The van der Waals surface area contributed by atoms with Gasteiger partial charge in [0.2, 0.25) is 5.91 Å². The first-order valence-electron chi connectivity index (χ1n) is 5.03. The van der Waals surface area contributed by atoms with Crippen molar-refractivity contribution in [1.82, 2.24) is 4.90 Å². The van der Waals surface area contributed by atoms with Crippen LogP contribution in [-0.4, -0.2) is 39.9 Å². The summed E-state index contributed by atoms with van der Waals surface area (Å²) in [4.78, 5) is 24.4. The smallest absolute Gasteiger partial charge is 0.349 e. The molecule has 1 unspecified atom stereocenters. The van der Waals surface area contributed by atoms with Crippen LogP contribution in [0.25, 0.3) is 0 Å². The van der Waals surface area contributed by atoms with E-state index in [9.17, 15) is 13.8 Å². The number of esters is 1. The lowest BCUT2D eigenvalue weighted by Gasteiger charge is -2.27. The van der Waals surface area contributed by atoms with Gasteiger partial charge in [-0.25, -0.2) is 4.79 Å². The fourth-order valence-corrected chi connectivity index (χ4v) is 2.80. The lowest BCUT2D eigenvalue weighted by Crippen LogP contribution is -2.38. The maximum absolute atomic E-state index is 11.7. The van der Waals surface area contributed by atoms with E-state index in [4.69, 9.17) is 4.74 Å². The molecule has 0 N–H and O–H groups in total. The van der Waals surface area contributed by atoms with Crippen molar-refractivity contribution in [3.63, 3.8) is 0 Å². The van der Waals surface area contributed by atoms with Crippen molar-refractivity contribution in [3.8, 4) is 0 Å². The third-order valence-corrected chi connectivity index (χ3v) is 3.77. The first kappa shape index (κ1) is 12.9. The third-order valence-electron chi connectivity index (χ3n) is 2.30. The van der Waals surface area contributed by atoms with E-state index >= 15 is 0 Å². The molecule has 1 atom stereocenters. The van der Waals surface area contributed by atoms with Crippen molar-refractivity contribution in [3.05, 3.63) is 10.6 Å². The van der Waals surface area contributed by atoms with E-state index in [-0.39, 0.29) is 23.2 Å². The van der Waals surface area contributed by atoms with Gasteiger partial charge in [0.15, 0.2) is 0 Å². The van der Waals surface area contributed by atoms with Gasteiger partial charge in [0.05, 0.1) is 17.4 Å². The molecule has 0 spiro atoms. The highest BCUT2D eigenvalue weighted by atomic mass is 32.2. The number of rotatable bonds is 2. The Kier molecular flexibility index (Phi) is 4.23. The topological polar surface area (TPSA) is 63.7 Å². The van der Waals surface area contributed by atoms with Gasteiger partial charge in [-0.1, -0.05) is 0 Å². The number of nitrogens with zero attached hydrogens (tertiary/aromatic N) is 1. The van der Waals surface area contributed by atoms with Crippen molar-refractivity contribution >= 4 is 22.7 Å². The number of allylic oxidation sites excluding steroid dienone is 1. The first-order valence-corrected chi connectivity index (χ1v) is 6.35. The van der Waals surface area contributed by atoms with Crippen LogP contribution in [0.3, 0.4) is 0 Å². The number of hydrogen-bond donors (Lipinski definition) is 0. The normalized spacial score (nSPS) is 20.9. The van der Waals surface area contributed by atoms with E-state index in [0.717, 1.165) is 0 Å². The van der Waals surface area contributed by atoms with Crippen LogP contribution in [0.5, 0.6) is 0 Å². The zero-order valence-electron chi connectivity index (χ0n) is 9.61. The second-order valence-corrected chi connectivity index (χ2v) is 4.86. The minimum atomic E-state index is -1.37. The summed E-state index contributed by atoms with van der Waals surface area (Å²) in [5, 5.41) is 0. The monoisotopic (exact) mass is 245 g/mol. The van der Waals surface area contributed by atoms with Gasteiger partial charge in [-0.15, -0.1) is 0 Å². The highest BCUT2D eigenvalue weighted by Gasteiger charge is 2.30. The number of carbonyl (C=O) groups is 2. The molecule has 1 heterocycles. The molecule has 16 heavy (non-hydrogen) atoms.